The van der Waals surface area contributed by atoms with Gasteiger partial charge in [-0.1, -0.05) is 6.07 Å². The molecule has 0 bridgehead atoms. The third kappa shape index (κ3) is 2.66. The van der Waals surface area contributed by atoms with E-state index < -0.39 is 22.8 Å². The third-order valence-corrected chi connectivity index (χ3v) is 5.01. The van der Waals surface area contributed by atoms with Crippen LogP contribution in [0.1, 0.15) is 22.5 Å². The second-order valence-electron chi connectivity index (χ2n) is 6.68. The highest BCUT2D eigenvalue weighted by Crippen LogP contribution is 2.28. The number of H-pyrrole nitrogens is 1. The Labute approximate surface area is 149 Å². The molecule has 7 nitrogen and oxygen atoms in total. The highest BCUT2D eigenvalue weighted by molar-refractivity contribution is 5.91. The van der Waals surface area contributed by atoms with Gasteiger partial charge in [0.15, 0.2) is 5.56 Å². The summed E-state index contributed by atoms with van der Waals surface area (Å²) in [4.78, 5) is 27.9. The number of aromatic carboxylic acids is 1. The highest BCUT2D eigenvalue weighted by Gasteiger charge is 2.18. The number of benzene rings is 1. The zero-order valence-corrected chi connectivity index (χ0v) is 14.3. The van der Waals surface area contributed by atoms with Crippen LogP contribution >= 0.6 is 0 Å². The van der Waals surface area contributed by atoms with Crippen LogP contribution in [-0.4, -0.2) is 43.7 Å². The van der Waals surface area contributed by atoms with Gasteiger partial charge in [-0.05, 0) is 43.3 Å². The van der Waals surface area contributed by atoms with Crippen LogP contribution in [0.5, 0.6) is 5.75 Å². The zero-order valence-electron chi connectivity index (χ0n) is 14.3. The average molecular weight is 353 g/mol. The fraction of sp³-hybridized carbons (Fsp3) is 0.263. The van der Waals surface area contributed by atoms with Gasteiger partial charge in [-0.15, -0.1) is 0 Å². The smallest absolute Gasteiger partial charge is 0.345 e. The first-order valence-corrected chi connectivity index (χ1v) is 8.44. The maximum atomic E-state index is 12.0. The molecule has 1 saturated heterocycles. The molecular weight excluding hydrogens is 334 g/mol. The van der Waals surface area contributed by atoms with E-state index in [4.69, 9.17) is 5.11 Å². The minimum absolute atomic E-state index is 0.382. The van der Waals surface area contributed by atoms with Crippen molar-refractivity contribution in [3.63, 3.8) is 0 Å². The quantitative estimate of drug-likeness (QED) is 0.667. The minimum Gasteiger partial charge on any atom is -0.507 e. The Balaban J connectivity index is 1.75. The average Bonchev–Trinajstić information content (AvgIpc) is 2.85. The van der Waals surface area contributed by atoms with Gasteiger partial charge in [-0.2, -0.15) is 0 Å². The zero-order chi connectivity index (χ0) is 18.4. The molecule has 3 N–H and O–H groups in total. The summed E-state index contributed by atoms with van der Waals surface area (Å²) >= 11 is 0. The number of hydrogen-bond donors (Lipinski definition) is 3. The summed E-state index contributed by atoms with van der Waals surface area (Å²) in [7, 11) is 2.03. The summed E-state index contributed by atoms with van der Waals surface area (Å²) in [6.07, 6.45) is 1.25. The molecule has 2 aromatic heterocycles. The molecule has 26 heavy (non-hydrogen) atoms. The predicted molar refractivity (Wildman–Crippen MR) is 97.5 cm³/mol. The van der Waals surface area contributed by atoms with E-state index >= 15 is 0 Å². The number of likely N-dealkylation sites (tertiary alicyclic amines) is 1. The van der Waals surface area contributed by atoms with Crippen LogP contribution in [0.4, 0.5) is 0 Å². The molecule has 1 aliphatic rings. The van der Waals surface area contributed by atoms with E-state index in [9.17, 15) is 14.7 Å². The van der Waals surface area contributed by atoms with Gasteiger partial charge in [0, 0.05) is 36.3 Å². The standard InChI is InChI=1S/C19H19N3O4/c1-21-13(10-22-5-2-6-22)8-12-7-11(3-4-15(12)21)14-9-16(23)17(19(25)26)18(24)20-14/h3-4,7-9H,2,5-6,10H2,1H3,(H,25,26)(H2,20,23,24). The third-order valence-electron chi connectivity index (χ3n) is 5.01. The number of fused-ring (bicyclic) bond motifs is 1. The molecule has 4 rings (SSSR count). The van der Waals surface area contributed by atoms with Gasteiger partial charge in [0.25, 0.3) is 5.56 Å². The Morgan fingerprint density at radius 3 is 2.62 bits per heavy atom. The number of aryl methyl sites for hydroxylation is 1. The van der Waals surface area contributed by atoms with Crippen LogP contribution in [0.2, 0.25) is 0 Å². The summed E-state index contributed by atoms with van der Waals surface area (Å²) < 4.78 is 2.16. The predicted octanol–water partition coefficient (Wildman–Crippen LogP) is 2.14. The van der Waals surface area contributed by atoms with Crippen LogP contribution in [0.3, 0.4) is 0 Å². The summed E-state index contributed by atoms with van der Waals surface area (Å²) in [5, 5.41) is 19.9. The first-order chi connectivity index (χ1) is 12.4. The fourth-order valence-electron chi connectivity index (χ4n) is 3.40. The van der Waals surface area contributed by atoms with Gasteiger partial charge < -0.3 is 19.8 Å². The number of nitrogens with one attached hydrogen (secondary N) is 1. The SMILES string of the molecule is Cn1c(CN2CCC2)cc2cc(-c3cc(O)c(C(=O)O)c(=O)[nH]3)ccc21. The maximum Gasteiger partial charge on any atom is 0.345 e. The molecule has 134 valence electrons. The molecule has 3 aromatic rings. The van der Waals surface area contributed by atoms with Crippen molar-refractivity contribution in [3.05, 3.63) is 51.9 Å². The summed E-state index contributed by atoms with van der Waals surface area (Å²) in [6, 6.07) is 9.14. The molecule has 0 unspecified atom stereocenters. The Hall–Kier alpha value is -3.06. The lowest BCUT2D eigenvalue weighted by Crippen LogP contribution is -2.36. The molecule has 7 heteroatoms. The first-order valence-electron chi connectivity index (χ1n) is 8.44. The number of nitrogens with zero attached hydrogens (tertiary/aromatic N) is 2. The highest BCUT2D eigenvalue weighted by atomic mass is 16.4. The van der Waals surface area contributed by atoms with Crippen molar-refractivity contribution in [2.75, 3.05) is 13.1 Å². The Kier molecular flexibility index (Phi) is 3.81. The van der Waals surface area contributed by atoms with Crippen LogP contribution in [0.15, 0.2) is 35.1 Å². The second-order valence-corrected chi connectivity index (χ2v) is 6.68. The second kappa shape index (κ2) is 6.03. The number of aromatic amines is 1. The van der Waals surface area contributed by atoms with Crippen molar-refractivity contribution in [3.8, 4) is 17.0 Å². The number of carboxylic acids is 1. The van der Waals surface area contributed by atoms with Gasteiger partial charge in [-0.25, -0.2) is 4.79 Å². The van der Waals surface area contributed by atoms with E-state index in [1.165, 1.54) is 18.2 Å². The molecule has 0 aliphatic carbocycles. The normalized spacial score (nSPS) is 14.5. The van der Waals surface area contributed by atoms with E-state index in [1.807, 2.05) is 25.2 Å². The van der Waals surface area contributed by atoms with Crippen LogP contribution in [-0.2, 0) is 13.6 Å². The number of rotatable bonds is 4. The minimum atomic E-state index is -1.45. The molecule has 1 aromatic carbocycles. The number of aromatic nitrogens is 2. The Morgan fingerprint density at radius 2 is 2.00 bits per heavy atom. The molecule has 0 spiro atoms. The number of carboxylic acid groups (broad SMARTS) is 1. The molecule has 3 heterocycles. The first kappa shape index (κ1) is 16.4. The van der Waals surface area contributed by atoms with Gasteiger partial charge in [0.1, 0.15) is 5.75 Å². The number of aromatic hydroxyl groups is 1. The lowest BCUT2D eigenvalue weighted by molar-refractivity contribution is 0.0691. The van der Waals surface area contributed by atoms with Crippen molar-refractivity contribution in [2.24, 2.45) is 7.05 Å². The van der Waals surface area contributed by atoms with E-state index in [0.29, 0.717) is 11.3 Å². The van der Waals surface area contributed by atoms with E-state index in [0.717, 1.165) is 30.5 Å². The van der Waals surface area contributed by atoms with Crippen molar-refractivity contribution in [2.45, 2.75) is 13.0 Å². The molecular formula is C19H19N3O4. The van der Waals surface area contributed by atoms with Crippen LogP contribution in [0, 0.1) is 0 Å². The Bertz CT molecular complexity index is 1080. The van der Waals surface area contributed by atoms with Gasteiger partial charge in [-0.3, -0.25) is 9.69 Å². The lowest BCUT2D eigenvalue weighted by Gasteiger charge is -2.30. The number of hydrogen-bond acceptors (Lipinski definition) is 4. The summed E-state index contributed by atoms with van der Waals surface area (Å²) in [5.41, 5.74) is 1.92. The van der Waals surface area contributed by atoms with Crippen molar-refractivity contribution >= 4 is 16.9 Å². The molecule has 0 amide bonds. The monoisotopic (exact) mass is 353 g/mol. The Morgan fingerprint density at radius 1 is 1.23 bits per heavy atom. The molecule has 1 aliphatic heterocycles. The van der Waals surface area contributed by atoms with Crippen molar-refractivity contribution in [1.82, 2.24) is 14.5 Å². The van der Waals surface area contributed by atoms with E-state index in [2.05, 4.69) is 20.5 Å². The number of pyridine rings is 1. The summed E-state index contributed by atoms with van der Waals surface area (Å²) in [5.74, 6) is -1.99. The largest absolute Gasteiger partial charge is 0.507 e. The van der Waals surface area contributed by atoms with Gasteiger partial charge in [0.05, 0.1) is 5.69 Å². The maximum absolute atomic E-state index is 12.0. The number of carbonyl (C=O) groups is 1. The van der Waals surface area contributed by atoms with Gasteiger partial charge in [0.2, 0.25) is 0 Å². The van der Waals surface area contributed by atoms with E-state index in [-0.39, 0.29) is 0 Å². The molecule has 0 saturated carbocycles. The van der Waals surface area contributed by atoms with Crippen LogP contribution in [0.25, 0.3) is 22.2 Å². The molecule has 0 radical (unpaired) electrons. The van der Waals surface area contributed by atoms with Crippen LogP contribution < -0.4 is 5.56 Å². The van der Waals surface area contributed by atoms with Crippen molar-refractivity contribution in [1.29, 1.82) is 0 Å². The van der Waals surface area contributed by atoms with Gasteiger partial charge >= 0.3 is 5.97 Å². The lowest BCUT2D eigenvalue weighted by atomic mass is 10.1. The summed E-state index contributed by atoms with van der Waals surface area (Å²) in [6.45, 7) is 3.16. The van der Waals surface area contributed by atoms with Crippen molar-refractivity contribution < 1.29 is 15.0 Å². The molecule has 0 atom stereocenters. The molecule has 1 fully saturated rings. The fourth-order valence-corrected chi connectivity index (χ4v) is 3.40. The topological polar surface area (TPSA) is 98.6 Å². The van der Waals surface area contributed by atoms with E-state index in [1.54, 1.807) is 0 Å².